The Hall–Kier alpha value is -2.69. The van der Waals surface area contributed by atoms with E-state index in [0.717, 1.165) is 24.3 Å². The van der Waals surface area contributed by atoms with E-state index in [4.69, 9.17) is 11.5 Å². The molecule has 0 radical (unpaired) electrons. The number of aryl methyl sites for hydroxylation is 1. The lowest BCUT2D eigenvalue weighted by molar-refractivity contribution is -0.140. The van der Waals surface area contributed by atoms with Crippen LogP contribution < -0.4 is 11.5 Å². The maximum absolute atomic E-state index is 13.5. The van der Waals surface area contributed by atoms with Crippen LogP contribution in [-0.2, 0) is 12.4 Å². The van der Waals surface area contributed by atoms with Crippen molar-refractivity contribution in [2.75, 3.05) is 0 Å². The summed E-state index contributed by atoms with van der Waals surface area (Å²) in [6.45, 7) is 1.33. The van der Waals surface area contributed by atoms with Crippen molar-refractivity contribution in [3.8, 4) is 0 Å². The Balaban J connectivity index is 2.62. The van der Waals surface area contributed by atoms with Gasteiger partial charge >= 0.3 is 12.4 Å². The molecular formula is C17H13F6N3OS. The second kappa shape index (κ2) is 7.74. The molecule has 0 aliphatic carbocycles. The van der Waals surface area contributed by atoms with Crippen LogP contribution in [-0.4, -0.2) is 11.9 Å². The molecule has 0 aromatic heterocycles. The quantitative estimate of drug-likeness (QED) is 0.431. The van der Waals surface area contributed by atoms with E-state index in [0.29, 0.717) is 17.8 Å². The summed E-state index contributed by atoms with van der Waals surface area (Å²) in [6.07, 6.45) is -9.66. The van der Waals surface area contributed by atoms with Gasteiger partial charge in [-0.1, -0.05) is 23.9 Å². The lowest BCUT2D eigenvalue weighted by atomic mass is 10.0. The number of carbonyl (C=O) groups excluding carboxylic acids is 1. The molecule has 150 valence electrons. The zero-order valence-corrected chi connectivity index (χ0v) is 15.0. The van der Waals surface area contributed by atoms with Gasteiger partial charge in [0, 0.05) is 15.4 Å². The zero-order chi connectivity index (χ0) is 21.3. The Kier molecular flexibility index (Phi) is 5.97. The molecule has 2 rings (SSSR count). The molecule has 4 N–H and O–H groups in total. The van der Waals surface area contributed by atoms with Gasteiger partial charge in [-0.3, -0.25) is 4.79 Å². The lowest BCUT2D eigenvalue weighted by Crippen LogP contribution is -2.24. The van der Waals surface area contributed by atoms with Gasteiger partial charge < -0.3 is 11.5 Å². The minimum Gasteiger partial charge on any atom is -0.370 e. The van der Waals surface area contributed by atoms with E-state index in [1.807, 2.05) is 0 Å². The highest BCUT2D eigenvalue weighted by molar-refractivity contribution is 7.99. The molecule has 0 fully saturated rings. The van der Waals surface area contributed by atoms with Gasteiger partial charge in [-0.05, 0) is 36.8 Å². The lowest BCUT2D eigenvalue weighted by Gasteiger charge is -2.17. The molecule has 0 heterocycles. The highest BCUT2D eigenvalue weighted by atomic mass is 32.2. The van der Waals surface area contributed by atoms with Gasteiger partial charge in [-0.15, -0.1) is 0 Å². The van der Waals surface area contributed by atoms with Crippen LogP contribution in [0.25, 0.3) is 0 Å². The average Bonchev–Trinajstić information content (AvgIpc) is 2.52. The number of rotatable bonds is 3. The number of alkyl halides is 6. The third-order valence-electron chi connectivity index (χ3n) is 3.51. The second-order valence-corrected chi connectivity index (χ2v) is 6.68. The van der Waals surface area contributed by atoms with E-state index in [1.54, 1.807) is 0 Å². The zero-order valence-electron chi connectivity index (χ0n) is 14.2. The number of halogens is 6. The number of aliphatic imine (C=N–C) groups is 1. The Morgan fingerprint density at radius 2 is 1.50 bits per heavy atom. The molecule has 2 aromatic rings. The predicted octanol–water partition coefficient (Wildman–Crippen LogP) is 4.60. The number of nitrogens with two attached hydrogens (primary N) is 2. The number of amides is 1. The molecule has 0 aliphatic heterocycles. The average molecular weight is 421 g/mol. The third-order valence-corrected chi connectivity index (χ3v) is 4.64. The molecule has 1 amide bonds. The highest BCUT2D eigenvalue weighted by Gasteiger charge is 2.37. The van der Waals surface area contributed by atoms with Gasteiger partial charge in [0.05, 0.1) is 11.1 Å². The molecule has 0 atom stereocenters. The van der Waals surface area contributed by atoms with Crippen LogP contribution >= 0.6 is 11.8 Å². The molecule has 0 saturated carbocycles. The van der Waals surface area contributed by atoms with Crippen molar-refractivity contribution in [2.24, 2.45) is 16.5 Å². The maximum atomic E-state index is 13.5. The van der Waals surface area contributed by atoms with Crippen molar-refractivity contribution in [2.45, 2.75) is 29.1 Å². The smallest absolute Gasteiger partial charge is 0.370 e. The van der Waals surface area contributed by atoms with Gasteiger partial charge in [-0.25, -0.2) is 0 Å². The summed E-state index contributed by atoms with van der Waals surface area (Å²) in [7, 11) is 0. The fourth-order valence-electron chi connectivity index (χ4n) is 2.30. The van der Waals surface area contributed by atoms with Crippen molar-refractivity contribution >= 4 is 23.6 Å². The topological polar surface area (TPSA) is 81.5 Å². The first kappa shape index (κ1) is 21.6. The molecule has 0 unspecified atom stereocenters. The standard InChI is InChI=1S/C17H13F6N3OS/c1-8-6-13(28-12-5-3-2-4-10(12)16(18,19)20)11(17(21,22)23)7-9(8)14(27)26-15(24)25/h2-7H,1H3,(H4,24,25,26,27). The number of hydrogen-bond donors (Lipinski definition) is 2. The number of benzene rings is 2. The first-order valence-corrected chi connectivity index (χ1v) is 8.32. The minimum absolute atomic E-state index is 0.0787. The van der Waals surface area contributed by atoms with Crippen molar-refractivity contribution in [1.82, 2.24) is 0 Å². The Bertz CT molecular complexity index is 933. The molecular weight excluding hydrogens is 408 g/mol. The van der Waals surface area contributed by atoms with Crippen LogP contribution in [0.1, 0.15) is 27.0 Å². The van der Waals surface area contributed by atoms with Crippen LogP contribution in [0.5, 0.6) is 0 Å². The van der Waals surface area contributed by atoms with Crippen molar-refractivity contribution in [3.63, 3.8) is 0 Å². The summed E-state index contributed by atoms with van der Waals surface area (Å²) in [4.78, 5) is 14.3. The van der Waals surface area contributed by atoms with Crippen molar-refractivity contribution in [3.05, 3.63) is 58.7 Å². The van der Waals surface area contributed by atoms with E-state index in [2.05, 4.69) is 4.99 Å². The van der Waals surface area contributed by atoms with Gasteiger partial charge in [0.25, 0.3) is 5.91 Å². The fourth-order valence-corrected chi connectivity index (χ4v) is 3.50. The maximum Gasteiger partial charge on any atom is 0.417 e. The number of nitrogens with zero attached hydrogens (tertiary/aromatic N) is 1. The molecule has 11 heteroatoms. The van der Waals surface area contributed by atoms with Crippen LogP contribution in [0, 0.1) is 6.92 Å². The van der Waals surface area contributed by atoms with Crippen molar-refractivity contribution in [1.29, 1.82) is 0 Å². The molecule has 4 nitrogen and oxygen atoms in total. The molecule has 2 aromatic carbocycles. The first-order chi connectivity index (χ1) is 12.8. The molecule has 28 heavy (non-hydrogen) atoms. The van der Waals surface area contributed by atoms with Crippen LogP contribution in [0.3, 0.4) is 0 Å². The number of guanidine groups is 1. The van der Waals surface area contributed by atoms with Crippen LogP contribution in [0.15, 0.2) is 51.2 Å². The summed E-state index contributed by atoms with van der Waals surface area (Å²) in [5.74, 6) is -1.72. The summed E-state index contributed by atoms with van der Waals surface area (Å²) >= 11 is 0.307. The third kappa shape index (κ3) is 4.97. The predicted molar refractivity (Wildman–Crippen MR) is 91.9 cm³/mol. The first-order valence-electron chi connectivity index (χ1n) is 7.50. The van der Waals surface area contributed by atoms with E-state index < -0.39 is 50.7 Å². The molecule has 0 spiro atoms. The van der Waals surface area contributed by atoms with E-state index in [-0.39, 0.29) is 5.56 Å². The Morgan fingerprint density at radius 1 is 0.929 bits per heavy atom. The van der Waals surface area contributed by atoms with E-state index in [1.165, 1.54) is 13.0 Å². The van der Waals surface area contributed by atoms with E-state index >= 15 is 0 Å². The van der Waals surface area contributed by atoms with Crippen molar-refractivity contribution < 1.29 is 31.1 Å². The summed E-state index contributed by atoms with van der Waals surface area (Å²) < 4.78 is 79.9. The number of carbonyl (C=O) groups is 1. The second-order valence-electron chi connectivity index (χ2n) is 5.60. The van der Waals surface area contributed by atoms with E-state index in [9.17, 15) is 31.1 Å². The Morgan fingerprint density at radius 3 is 2.04 bits per heavy atom. The largest absolute Gasteiger partial charge is 0.417 e. The fraction of sp³-hybridized carbons (Fsp3) is 0.176. The summed E-state index contributed by atoms with van der Waals surface area (Å²) in [5.41, 5.74) is 7.47. The minimum atomic E-state index is -4.92. The molecule has 0 bridgehead atoms. The number of hydrogen-bond acceptors (Lipinski definition) is 2. The molecule has 0 aliphatic rings. The SMILES string of the molecule is Cc1cc(Sc2ccccc2C(F)(F)F)c(C(F)(F)F)cc1C(=O)N=C(N)N. The van der Waals surface area contributed by atoms with Gasteiger partial charge in [0.1, 0.15) is 0 Å². The van der Waals surface area contributed by atoms with Gasteiger partial charge in [-0.2, -0.15) is 31.3 Å². The van der Waals surface area contributed by atoms with Gasteiger partial charge in [0.15, 0.2) is 5.96 Å². The highest BCUT2D eigenvalue weighted by Crippen LogP contribution is 2.44. The summed E-state index contributed by atoms with van der Waals surface area (Å²) in [6, 6.07) is 5.79. The normalized spacial score (nSPS) is 12.0. The summed E-state index contributed by atoms with van der Waals surface area (Å²) in [5, 5.41) is 0. The van der Waals surface area contributed by atoms with Crippen LogP contribution in [0.4, 0.5) is 26.3 Å². The monoisotopic (exact) mass is 421 g/mol. The van der Waals surface area contributed by atoms with Crippen LogP contribution in [0.2, 0.25) is 0 Å². The van der Waals surface area contributed by atoms with Gasteiger partial charge in [0.2, 0.25) is 0 Å². The molecule has 0 saturated heterocycles. The Labute approximate surface area is 159 Å².